The predicted octanol–water partition coefficient (Wildman–Crippen LogP) is 0.0613. The van der Waals surface area contributed by atoms with Crippen LogP contribution in [0.4, 0.5) is 0 Å². The molecule has 0 amide bonds. The SMILES string of the molecule is C1NC[C@@H]2[C@H]1C[C@H]1CNC[C@H]12. The Bertz CT molecular complexity index is 151. The predicted molar refractivity (Wildman–Crippen MR) is 44.3 cm³/mol. The lowest BCUT2D eigenvalue weighted by Crippen LogP contribution is -2.21. The maximum Gasteiger partial charge on any atom is -0.00140 e. The fraction of sp³-hybridized carbons (Fsp3) is 1.00. The molecule has 2 saturated heterocycles. The first kappa shape index (κ1) is 6.44. The maximum atomic E-state index is 3.51. The van der Waals surface area contributed by atoms with E-state index < -0.39 is 0 Å². The van der Waals surface area contributed by atoms with Crippen LogP contribution in [0.25, 0.3) is 0 Å². The van der Waals surface area contributed by atoms with Gasteiger partial charge in [0, 0.05) is 0 Å². The summed E-state index contributed by atoms with van der Waals surface area (Å²) in [6.45, 7) is 5.20. The van der Waals surface area contributed by atoms with Crippen LogP contribution >= 0.6 is 0 Å². The zero-order chi connectivity index (χ0) is 7.26. The van der Waals surface area contributed by atoms with Crippen molar-refractivity contribution in [3.8, 4) is 0 Å². The van der Waals surface area contributed by atoms with Crippen LogP contribution in [0, 0.1) is 23.7 Å². The van der Waals surface area contributed by atoms with Crippen LogP contribution in [0.15, 0.2) is 0 Å². The first-order chi connectivity index (χ1) is 5.45. The molecule has 3 aliphatic rings. The topological polar surface area (TPSA) is 24.1 Å². The number of nitrogens with one attached hydrogen (secondary N) is 2. The smallest absolute Gasteiger partial charge is 0.00140 e. The van der Waals surface area contributed by atoms with Crippen molar-refractivity contribution in [1.82, 2.24) is 10.6 Å². The number of hydrogen-bond acceptors (Lipinski definition) is 2. The lowest BCUT2D eigenvalue weighted by atomic mass is 9.91. The van der Waals surface area contributed by atoms with E-state index in [4.69, 9.17) is 0 Å². The van der Waals surface area contributed by atoms with E-state index >= 15 is 0 Å². The van der Waals surface area contributed by atoms with Gasteiger partial charge in [-0.2, -0.15) is 0 Å². The van der Waals surface area contributed by atoms with Gasteiger partial charge >= 0.3 is 0 Å². The first-order valence-electron chi connectivity index (χ1n) is 4.86. The van der Waals surface area contributed by atoms with Crippen LogP contribution in [0.3, 0.4) is 0 Å². The number of fused-ring (bicyclic) bond motifs is 3. The van der Waals surface area contributed by atoms with Gasteiger partial charge in [0.2, 0.25) is 0 Å². The van der Waals surface area contributed by atoms with E-state index in [1.54, 1.807) is 0 Å². The second-order valence-electron chi connectivity index (χ2n) is 4.40. The van der Waals surface area contributed by atoms with Gasteiger partial charge in [-0.3, -0.25) is 0 Å². The van der Waals surface area contributed by atoms with Crippen LogP contribution in [0.1, 0.15) is 6.42 Å². The number of hydrogen-bond donors (Lipinski definition) is 2. The molecule has 0 aromatic heterocycles. The van der Waals surface area contributed by atoms with Gasteiger partial charge in [0.05, 0.1) is 0 Å². The van der Waals surface area contributed by atoms with Crippen LogP contribution < -0.4 is 10.6 Å². The van der Waals surface area contributed by atoms with E-state index in [1.807, 2.05) is 0 Å². The summed E-state index contributed by atoms with van der Waals surface area (Å²) >= 11 is 0. The summed E-state index contributed by atoms with van der Waals surface area (Å²) in [5, 5.41) is 7.02. The molecule has 62 valence electrons. The minimum absolute atomic E-state index is 1.02. The molecule has 2 nitrogen and oxygen atoms in total. The molecule has 0 radical (unpaired) electrons. The first-order valence-corrected chi connectivity index (χ1v) is 4.86. The van der Waals surface area contributed by atoms with Crippen molar-refractivity contribution in [2.45, 2.75) is 6.42 Å². The summed E-state index contributed by atoms with van der Waals surface area (Å²) in [4.78, 5) is 0. The van der Waals surface area contributed by atoms with Gasteiger partial charge in [0.1, 0.15) is 0 Å². The highest BCUT2D eigenvalue weighted by molar-refractivity contribution is 5.00. The molecule has 0 bridgehead atoms. The normalized spacial score (nSPS) is 54.5. The third-order valence-electron chi connectivity index (χ3n) is 3.94. The molecule has 2 heterocycles. The van der Waals surface area contributed by atoms with Crippen molar-refractivity contribution in [2.24, 2.45) is 23.7 Å². The Balaban J connectivity index is 1.84. The van der Waals surface area contributed by atoms with Gasteiger partial charge in [0.15, 0.2) is 0 Å². The van der Waals surface area contributed by atoms with Crippen molar-refractivity contribution in [1.29, 1.82) is 0 Å². The average Bonchev–Trinajstić information content (AvgIpc) is 2.52. The highest BCUT2D eigenvalue weighted by atomic mass is 15.0. The molecule has 4 atom stereocenters. The Labute approximate surface area is 67.7 Å². The van der Waals surface area contributed by atoms with Crippen molar-refractivity contribution in [3.05, 3.63) is 0 Å². The Kier molecular flexibility index (Phi) is 1.29. The van der Waals surface area contributed by atoms with Gasteiger partial charge in [-0.05, 0) is 56.3 Å². The second-order valence-corrected chi connectivity index (χ2v) is 4.40. The molecule has 2 N–H and O–H groups in total. The van der Waals surface area contributed by atoms with Crippen LogP contribution in [0.5, 0.6) is 0 Å². The third-order valence-corrected chi connectivity index (χ3v) is 3.94. The zero-order valence-corrected chi connectivity index (χ0v) is 6.84. The van der Waals surface area contributed by atoms with E-state index in [1.165, 1.54) is 32.6 Å². The molecule has 1 saturated carbocycles. The van der Waals surface area contributed by atoms with E-state index in [-0.39, 0.29) is 0 Å². The quantitative estimate of drug-likeness (QED) is 0.513. The molecule has 0 aromatic carbocycles. The van der Waals surface area contributed by atoms with Crippen LogP contribution in [0.2, 0.25) is 0 Å². The third kappa shape index (κ3) is 0.798. The lowest BCUT2D eigenvalue weighted by Gasteiger charge is -2.14. The molecule has 2 heteroatoms. The molecular formula is C9H16N2. The summed E-state index contributed by atoms with van der Waals surface area (Å²) in [5.41, 5.74) is 0. The standard InChI is InChI=1S/C9H16N2/c1-6-2-10-4-8(6)9-5-11-3-7(1)9/h6-11H,1-5H2/t6-,7-,8+,9+/m0/s1. The molecule has 1 aliphatic carbocycles. The summed E-state index contributed by atoms with van der Waals surface area (Å²) in [7, 11) is 0. The lowest BCUT2D eigenvalue weighted by molar-refractivity contribution is 0.373. The molecule has 0 spiro atoms. The molecule has 11 heavy (non-hydrogen) atoms. The average molecular weight is 152 g/mol. The number of rotatable bonds is 0. The van der Waals surface area contributed by atoms with Crippen molar-refractivity contribution < 1.29 is 0 Å². The fourth-order valence-electron chi connectivity index (χ4n) is 3.41. The van der Waals surface area contributed by atoms with Crippen LogP contribution in [-0.2, 0) is 0 Å². The highest BCUT2D eigenvalue weighted by Crippen LogP contribution is 2.44. The monoisotopic (exact) mass is 152 g/mol. The second kappa shape index (κ2) is 2.20. The Morgan fingerprint density at radius 1 is 0.727 bits per heavy atom. The van der Waals surface area contributed by atoms with Crippen LogP contribution in [-0.4, -0.2) is 26.2 Å². The van der Waals surface area contributed by atoms with Crippen molar-refractivity contribution in [3.63, 3.8) is 0 Å². The molecule has 0 aromatic rings. The fourth-order valence-corrected chi connectivity index (χ4v) is 3.41. The van der Waals surface area contributed by atoms with Gasteiger partial charge in [-0.1, -0.05) is 0 Å². The van der Waals surface area contributed by atoms with Gasteiger partial charge in [0.25, 0.3) is 0 Å². The van der Waals surface area contributed by atoms with E-state index in [0.29, 0.717) is 0 Å². The minimum Gasteiger partial charge on any atom is -0.316 e. The van der Waals surface area contributed by atoms with E-state index in [0.717, 1.165) is 23.7 Å². The highest BCUT2D eigenvalue weighted by Gasteiger charge is 2.46. The minimum atomic E-state index is 1.02. The largest absolute Gasteiger partial charge is 0.316 e. The van der Waals surface area contributed by atoms with Gasteiger partial charge in [-0.15, -0.1) is 0 Å². The van der Waals surface area contributed by atoms with Gasteiger partial charge in [-0.25, -0.2) is 0 Å². The summed E-state index contributed by atoms with van der Waals surface area (Å²) in [5.74, 6) is 4.11. The van der Waals surface area contributed by atoms with E-state index in [2.05, 4.69) is 10.6 Å². The zero-order valence-electron chi connectivity index (χ0n) is 6.84. The molecule has 3 rings (SSSR count). The maximum absolute atomic E-state index is 3.51. The van der Waals surface area contributed by atoms with Crippen molar-refractivity contribution in [2.75, 3.05) is 26.2 Å². The van der Waals surface area contributed by atoms with E-state index in [9.17, 15) is 0 Å². The summed E-state index contributed by atoms with van der Waals surface area (Å²) in [6, 6.07) is 0. The summed E-state index contributed by atoms with van der Waals surface area (Å²) < 4.78 is 0. The summed E-state index contributed by atoms with van der Waals surface area (Å²) in [6.07, 6.45) is 1.50. The van der Waals surface area contributed by atoms with Gasteiger partial charge < -0.3 is 10.6 Å². The Morgan fingerprint density at radius 2 is 1.27 bits per heavy atom. The molecule has 0 unspecified atom stereocenters. The Hall–Kier alpha value is -0.0800. The molecular weight excluding hydrogens is 136 g/mol. The molecule has 2 aliphatic heterocycles. The van der Waals surface area contributed by atoms with Crippen molar-refractivity contribution >= 4 is 0 Å². The molecule has 3 fully saturated rings. The Morgan fingerprint density at radius 3 is 1.82 bits per heavy atom.